The number of fused-ring (bicyclic) bond motifs is 4. The molecule has 54 heavy (non-hydrogen) atoms. The molecule has 0 saturated carbocycles. The molecule has 9 rings (SSSR count). The highest BCUT2D eigenvalue weighted by atomic mass is 15.2. The first-order chi connectivity index (χ1) is 25.9. The third-order valence-corrected chi connectivity index (χ3v) is 11.5. The summed E-state index contributed by atoms with van der Waals surface area (Å²) in [5.41, 5.74) is 23.9. The minimum Gasteiger partial charge on any atom is -0.311 e. The van der Waals surface area contributed by atoms with E-state index in [0.29, 0.717) is 0 Å². The molecule has 264 valence electrons. The molecule has 0 N–H and O–H groups in total. The summed E-state index contributed by atoms with van der Waals surface area (Å²) in [6.45, 7) is 18.0. The van der Waals surface area contributed by atoms with Gasteiger partial charge in [-0.3, -0.25) is 0 Å². The smallest absolute Gasteiger partial charge is 0.252 e. The minimum absolute atomic E-state index is 0.0297. The van der Waals surface area contributed by atoms with E-state index in [-0.39, 0.29) is 12.1 Å². The average molecular weight is 699 g/mol. The summed E-state index contributed by atoms with van der Waals surface area (Å²) in [6.07, 6.45) is 0. The van der Waals surface area contributed by atoms with Crippen molar-refractivity contribution < 1.29 is 0 Å². The van der Waals surface area contributed by atoms with Crippen LogP contribution in [-0.2, 0) is 5.41 Å². The molecule has 0 bridgehead atoms. The van der Waals surface area contributed by atoms with Crippen LogP contribution >= 0.6 is 0 Å². The Morgan fingerprint density at radius 3 is 1.54 bits per heavy atom. The largest absolute Gasteiger partial charge is 0.311 e. The fourth-order valence-corrected chi connectivity index (χ4v) is 8.62. The third kappa shape index (κ3) is 5.66. The van der Waals surface area contributed by atoms with Gasteiger partial charge in [0, 0.05) is 34.0 Å². The monoisotopic (exact) mass is 698 g/mol. The van der Waals surface area contributed by atoms with E-state index in [4.69, 9.17) is 0 Å². The Morgan fingerprint density at radius 1 is 0.407 bits per heavy atom. The van der Waals surface area contributed by atoms with E-state index in [1.807, 2.05) is 0 Å². The second kappa shape index (κ2) is 12.7. The van der Waals surface area contributed by atoms with Crippen LogP contribution in [0.5, 0.6) is 0 Å². The van der Waals surface area contributed by atoms with Crippen molar-refractivity contribution in [1.82, 2.24) is 0 Å². The minimum atomic E-state index is 0.0297. The molecular weight excluding hydrogens is 651 g/mol. The van der Waals surface area contributed by atoms with Gasteiger partial charge in [0.05, 0.1) is 5.69 Å². The topological polar surface area (TPSA) is 6.48 Å². The van der Waals surface area contributed by atoms with E-state index in [1.165, 1.54) is 106 Å². The molecule has 2 aliphatic heterocycles. The predicted octanol–water partition coefficient (Wildman–Crippen LogP) is 11.9. The van der Waals surface area contributed by atoms with Crippen LogP contribution in [0.1, 0.15) is 54.2 Å². The van der Waals surface area contributed by atoms with E-state index < -0.39 is 0 Å². The number of aryl methyl sites for hydroxylation is 5. The molecule has 3 heteroatoms. The number of hydrogen-bond donors (Lipinski definition) is 0. The molecule has 0 radical (unpaired) electrons. The van der Waals surface area contributed by atoms with Gasteiger partial charge < -0.3 is 9.80 Å². The Labute approximate surface area is 321 Å². The van der Waals surface area contributed by atoms with E-state index in [2.05, 4.69) is 205 Å². The number of nitrogens with zero attached hydrogens (tertiary/aromatic N) is 2. The SMILES string of the molecule is Cc1ccc(-c2cc(C)ccc2N2c3ccc(C)cc3B3c4cc(C)ccc4N(c4ccc(C)cc4)c4cc(-c5cccc(C(C)(C)C)c5)cc2c43)cc1. The van der Waals surface area contributed by atoms with Crippen LogP contribution in [0.15, 0.2) is 140 Å². The Balaban J connectivity index is 1.42. The van der Waals surface area contributed by atoms with Gasteiger partial charge in [-0.1, -0.05) is 140 Å². The lowest BCUT2D eigenvalue weighted by Crippen LogP contribution is -2.61. The third-order valence-electron chi connectivity index (χ3n) is 11.5. The lowest BCUT2D eigenvalue weighted by Gasteiger charge is -2.45. The van der Waals surface area contributed by atoms with E-state index >= 15 is 0 Å². The van der Waals surface area contributed by atoms with Gasteiger partial charge in [-0.15, -0.1) is 0 Å². The van der Waals surface area contributed by atoms with Crippen LogP contribution in [-0.4, -0.2) is 6.71 Å². The van der Waals surface area contributed by atoms with E-state index in [0.717, 1.165) is 0 Å². The molecular formula is C51H47BN2. The van der Waals surface area contributed by atoms with Gasteiger partial charge in [-0.25, -0.2) is 0 Å². The van der Waals surface area contributed by atoms with Gasteiger partial charge in [0.15, 0.2) is 0 Å². The summed E-state index contributed by atoms with van der Waals surface area (Å²) in [5.74, 6) is 0. The van der Waals surface area contributed by atoms with Crippen LogP contribution in [0.3, 0.4) is 0 Å². The van der Waals surface area contributed by atoms with Crippen molar-refractivity contribution in [3.63, 3.8) is 0 Å². The van der Waals surface area contributed by atoms with Crippen molar-refractivity contribution in [1.29, 1.82) is 0 Å². The van der Waals surface area contributed by atoms with Crippen molar-refractivity contribution in [3.8, 4) is 22.3 Å². The molecule has 7 aromatic rings. The Hall–Kier alpha value is -5.80. The first-order valence-electron chi connectivity index (χ1n) is 19.3. The summed E-state index contributed by atoms with van der Waals surface area (Å²) < 4.78 is 0. The van der Waals surface area contributed by atoms with Gasteiger partial charge >= 0.3 is 0 Å². The quantitative estimate of drug-likeness (QED) is 0.169. The number of rotatable bonds is 4. The van der Waals surface area contributed by atoms with Gasteiger partial charge in [0.1, 0.15) is 0 Å². The van der Waals surface area contributed by atoms with Crippen LogP contribution in [0, 0.1) is 34.6 Å². The maximum Gasteiger partial charge on any atom is 0.252 e. The maximum atomic E-state index is 2.57. The van der Waals surface area contributed by atoms with Crippen LogP contribution in [0.4, 0.5) is 34.1 Å². The molecule has 2 heterocycles. The van der Waals surface area contributed by atoms with Crippen molar-refractivity contribution in [3.05, 3.63) is 173 Å². The van der Waals surface area contributed by atoms with Crippen molar-refractivity contribution in [2.24, 2.45) is 0 Å². The highest BCUT2D eigenvalue weighted by molar-refractivity contribution is 7.00. The predicted molar refractivity (Wildman–Crippen MR) is 234 cm³/mol. The van der Waals surface area contributed by atoms with E-state index in [1.54, 1.807) is 0 Å². The number of hydrogen-bond acceptors (Lipinski definition) is 2. The summed E-state index contributed by atoms with van der Waals surface area (Å²) in [5, 5.41) is 0. The van der Waals surface area contributed by atoms with Crippen LogP contribution in [0.25, 0.3) is 22.3 Å². The molecule has 2 aliphatic rings. The summed E-state index contributed by atoms with van der Waals surface area (Å²) in [4.78, 5) is 5.10. The summed E-state index contributed by atoms with van der Waals surface area (Å²) in [6, 6.07) is 53.3. The Morgan fingerprint density at radius 2 is 0.926 bits per heavy atom. The average Bonchev–Trinajstić information content (AvgIpc) is 3.15. The highest BCUT2D eigenvalue weighted by Crippen LogP contribution is 2.48. The molecule has 0 spiro atoms. The molecule has 0 atom stereocenters. The van der Waals surface area contributed by atoms with Gasteiger partial charge in [0.2, 0.25) is 0 Å². The molecule has 0 aliphatic carbocycles. The van der Waals surface area contributed by atoms with Gasteiger partial charge in [-0.05, 0) is 127 Å². The standard InChI is InChI=1S/C51H47BN2/c1-32-12-19-37(20-13-32)42-26-34(3)16-23-45(42)54-47-25-18-36(5)28-44(47)52-43-27-35(4)17-24-46(43)53(41-21-14-33(2)15-22-41)48-30-39(31-49(54)50(48)52)38-10-9-11-40(29-38)51(6,7)8/h9-31H,1-8H3. The molecule has 0 aromatic heterocycles. The molecule has 0 amide bonds. The normalized spacial score (nSPS) is 13.1. The molecule has 0 fully saturated rings. The fraction of sp³-hybridized carbons (Fsp3) is 0.176. The Kier molecular flexibility index (Phi) is 7.97. The van der Waals surface area contributed by atoms with Crippen molar-refractivity contribution in [2.45, 2.75) is 60.8 Å². The second-order valence-electron chi connectivity index (χ2n) is 16.7. The summed E-state index contributed by atoms with van der Waals surface area (Å²) >= 11 is 0. The highest BCUT2D eigenvalue weighted by Gasteiger charge is 2.44. The molecule has 0 unspecified atom stereocenters. The first-order valence-corrected chi connectivity index (χ1v) is 19.3. The zero-order valence-electron chi connectivity index (χ0n) is 32.8. The lowest BCUT2D eigenvalue weighted by atomic mass is 9.33. The van der Waals surface area contributed by atoms with Crippen LogP contribution < -0.4 is 26.2 Å². The molecule has 2 nitrogen and oxygen atoms in total. The number of anilines is 6. The maximum absolute atomic E-state index is 2.57. The zero-order valence-corrected chi connectivity index (χ0v) is 32.8. The zero-order chi connectivity index (χ0) is 37.5. The van der Waals surface area contributed by atoms with E-state index in [9.17, 15) is 0 Å². The summed E-state index contributed by atoms with van der Waals surface area (Å²) in [7, 11) is 0. The van der Waals surface area contributed by atoms with Gasteiger partial charge in [-0.2, -0.15) is 0 Å². The second-order valence-corrected chi connectivity index (χ2v) is 16.7. The fourth-order valence-electron chi connectivity index (χ4n) is 8.62. The van der Waals surface area contributed by atoms with Crippen LogP contribution in [0.2, 0.25) is 0 Å². The molecule has 0 saturated heterocycles. The van der Waals surface area contributed by atoms with Gasteiger partial charge in [0.25, 0.3) is 6.71 Å². The Bertz CT molecular complexity index is 2590. The van der Waals surface area contributed by atoms with Crippen molar-refractivity contribution in [2.75, 3.05) is 9.80 Å². The lowest BCUT2D eigenvalue weighted by molar-refractivity contribution is 0.590. The molecule has 7 aromatic carbocycles. The number of benzene rings is 7. The first kappa shape index (κ1) is 34.0. The van der Waals surface area contributed by atoms with Crippen molar-refractivity contribution >= 4 is 57.2 Å².